The van der Waals surface area contributed by atoms with Gasteiger partial charge in [-0.1, -0.05) is 44.2 Å². The van der Waals surface area contributed by atoms with Gasteiger partial charge in [-0.05, 0) is 55.8 Å². The minimum atomic E-state index is -0.938. The zero-order valence-electron chi connectivity index (χ0n) is 21.2. The Balaban J connectivity index is 1.45. The van der Waals surface area contributed by atoms with Crippen LogP contribution in [0.2, 0.25) is 0 Å². The Kier molecular flexibility index (Phi) is 8.38. The molecule has 2 aliphatic rings. The number of nitrogens with zero attached hydrogens (tertiary/aromatic N) is 3. The van der Waals surface area contributed by atoms with E-state index in [1.54, 1.807) is 36.5 Å². The number of benzene rings is 1. The lowest BCUT2D eigenvalue weighted by Crippen LogP contribution is -2.50. The number of rotatable bonds is 12. The number of hydrogen-bond acceptors (Lipinski definition) is 6. The number of anilines is 2. The third-order valence-electron chi connectivity index (χ3n) is 6.97. The highest BCUT2D eigenvalue weighted by Gasteiger charge is 2.48. The number of amides is 1. The summed E-state index contributed by atoms with van der Waals surface area (Å²) in [4.78, 5) is 21.9. The molecule has 7 nitrogen and oxygen atoms in total. The van der Waals surface area contributed by atoms with Crippen LogP contribution in [0.1, 0.15) is 49.2 Å². The maximum Gasteiger partial charge on any atom is 0.274 e. The fraction of sp³-hybridized carbons (Fsp3) is 0.429. The molecule has 1 amide bonds. The summed E-state index contributed by atoms with van der Waals surface area (Å²) >= 11 is 0. The summed E-state index contributed by atoms with van der Waals surface area (Å²) < 4.78 is 13.9. The molecule has 36 heavy (non-hydrogen) atoms. The van der Waals surface area contributed by atoms with Crippen molar-refractivity contribution < 1.29 is 9.18 Å². The van der Waals surface area contributed by atoms with E-state index in [-0.39, 0.29) is 11.6 Å². The van der Waals surface area contributed by atoms with E-state index in [1.807, 2.05) is 24.3 Å². The van der Waals surface area contributed by atoms with Crippen LogP contribution in [0.4, 0.5) is 15.8 Å². The number of aromatic nitrogens is 1. The van der Waals surface area contributed by atoms with E-state index in [0.29, 0.717) is 30.0 Å². The Labute approximate surface area is 213 Å². The van der Waals surface area contributed by atoms with Crippen molar-refractivity contribution in [2.45, 2.75) is 51.5 Å². The number of likely N-dealkylation sites (N-methyl/N-ethyl adjacent to an activating group) is 1. The van der Waals surface area contributed by atoms with Crippen LogP contribution in [0.5, 0.6) is 0 Å². The second kappa shape index (κ2) is 11.7. The van der Waals surface area contributed by atoms with Gasteiger partial charge in [-0.3, -0.25) is 14.7 Å². The topological polar surface area (TPSA) is 86.5 Å². The van der Waals surface area contributed by atoms with E-state index in [4.69, 9.17) is 5.73 Å². The Bertz CT molecular complexity index is 1090. The van der Waals surface area contributed by atoms with Crippen molar-refractivity contribution in [1.29, 1.82) is 0 Å². The minimum absolute atomic E-state index is 0.176. The number of nitrogens with two attached hydrogens (primary N) is 1. The Morgan fingerprint density at radius 2 is 1.94 bits per heavy atom. The molecule has 1 unspecified atom stereocenters. The van der Waals surface area contributed by atoms with Crippen LogP contribution in [0.15, 0.2) is 66.5 Å². The molecule has 1 saturated carbocycles. The van der Waals surface area contributed by atoms with Crippen molar-refractivity contribution in [1.82, 2.24) is 20.1 Å². The van der Waals surface area contributed by atoms with Crippen molar-refractivity contribution in [2.75, 3.05) is 37.2 Å². The number of allylic oxidation sites excluding steroid dienone is 4. The molecule has 0 bridgehead atoms. The molecular formula is C28H37FN6O. The molecule has 2 aliphatic carbocycles. The summed E-state index contributed by atoms with van der Waals surface area (Å²) in [5.74, 6) is -0.295. The lowest BCUT2D eigenvalue weighted by atomic mass is 10.1. The van der Waals surface area contributed by atoms with Gasteiger partial charge >= 0.3 is 0 Å². The zero-order chi connectivity index (χ0) is 25.5. The van der Waals surface area contributed by atoms with Gasteiger partial charge in [-0.15, -0.1) is 0 Å². The minimum Gasteiger partial charge on any atom is -0.397 e. The van der Waals surface area contributed by atoms with Gasteiger partial charge in [-0.2, -0.15) is 0 Å². The molecule has 0 aliphatic heterocycles. The van der Waals surface area contributed by atoms with Gasteiger partial charge in [0.1, 0.15) is 11.9 Å². The van der Waals surface area contributed by atoms with Crippen LogP contribution in [0, 0.1) is 0 Å². The fourth-order valence-corrected chi connectivity index (χ4v) is 4.58. The summed E-state index contributed by atoms with van der Waals surface area (Å²) in [7, 11) is 0. The smallest absolute Gasteiger partial charge is 0.274 e. The molecule has 192 valence electrons. The number of nitrogen functional groups attached to an aromatic ring is 1. The van der Waals surface area contributed by atoms with Gasteiger partial charge in [0.2, 0.25) is 0 Å². The van der Waals surface area contributed by atoms with Crippen LogP contribution in [-0.2, 0) is 6.54 Å². The maximum atomic E-state index is 13.9. The zero-order valence-corrected chi connectivity index (χ0v) is 21.2. The summed E-state index contributed by atoms with van der Waals surface area (Å²) in [5, 5.41) is 6.48. The second-order valence-corrected chi connectivity index (χ2v) is 9.50. The average Bonchev–Trinajstić information content (AvgIpc) is 3.66. The SMILES string of the molecule is CCN(CC)CCN(Cc1ccc(C(=O)Nc2ccccc2N)nc1)C1(NC2=CC=CC(F)C2)CC1. The second-order valence-electron chi connectivity index (χ2n) is 9.50. The first-order chi connectivity index (χ1) is 17.4. The van der Waals surface area contributed by atoms with E-state index < -0.39 is 6.17 Å². The number of para-hydroxylation sites is 2. The van der Waals surface area contributed by atoms with Crippen molar-refractivity contribution in [3.63, 3.8) is 0 Å². The van der Waals surface area contributed by atoms with E-state index in [0.717, 1.165) is 50.3 Å². The summed E-state index contributed by atoms with van der Waals surface area (Å²) in [6, 6.07) is 10.9. The number of halogens is 1. The fourth-order valence-electron chi connectivity index (χ4n) is 4.58. The first-order valence-corrected chi connectivity index (χ1v) is 12.8. The third kappa shape index (κ3) is 6.50. The maximum absolute atomic E-state index is 13.9. The number of nitrogens with one attached hydrogen (secondary N) is 2. The number of alkyl halides is 1. The standard InChI is InChI=1S/C28H37FN6O/c1-3-34(4-2)16-17-35(28(14-15-28)33-23-9-7-8-22(29)18-23)20-21-12-13-26(31-19-21)27(36)32-25-11-6-5-10-24(25)30/h5-13,19,22,33H,3-4,14-18,20,30H2,1-2H3,(H,32,36). The number of hydrogen-bond donors (Lipinski definition) is 3. The van der Waals surface area contributed by atoms with E-state index in [2.05, 4.69) is 39.3 Å². The first kappa shape index (κ1) is 25.9. The monoisotopic (exact) mass is 492 g/mol. The van der Waals surface area contributed by atoms with Gasteiger partial charge in [0.15, 0.2) is 0 Å². The van der Waals surface area contributed by atoms with Crippen LogP contribution >= 0.6 is 0 Å². The molecule has 1 fully saturated rings. The van der Waals surface area contributed by atoms with E-state index in [9.17, 15) is 9.18 Å². The lowest BCUT2D eigenvalue weighted by molar-refractivity contribution is 0.102. The molecule has 1 heterocycles. The Morgan fingerprint density at radius 3 is 2.58 bits per heavy atom. The Morgan fingerprint density at radius 1 is 1.17 bits per heavy atom. The van der Waals surface area contributed by atoms with Crippen LogP contribution in [-0.4, -0.2) is 58.7 Å². The largest absolute Gasteiger partial charge is 0.397 e. The van der Waals surface area contributed by atoms with Gasteiger partial charge in [-0.25, -0.2) is 4.39 Å². The van der Waals surface area contributed by atoms with Crippen molar-refractivity contribution in [3.8, 4) is 0 Å². The normalized spacial score (nSPS) is 18.2. The lowest BCUT2D eigenvalue weighted by Gasteiger charge is -2.36. The van der Waals surface area contributed by atoms with E-state index in [1.165, 1.54) is 0 Å². The van der Waals surface area contributed by atoms with Gasteiger partial charge in [0.25, 0.3) is 5.91 Å². The molecule has 0 saturated heterocycles. The highest BCUT2D eigenvalue weighted by molar-refractivity contribution is 6.04. The van der Waals surface area contributed by atoms with E-state index >= 15 is 0 Å². The summed E-state index contributed by atoms with van der Waals surface area (Å²) in [5.41, 5.74) is 9.15. The molecule has 1 aromatic heterocycles. The Hall–Kier alpha value is -3.23. The number of pyridine rings is 1. The van der Waals surface area contributed by atoms with Gasteiger partial charge in [0.05, 0.1) is 17.0 Å². The quantitative estimate of drug-likeness (QED) is 0.302. The molecule has 0 spiro atoms. The van der Waals surface area contributed by atoms with Crippen LogP contribution in [0.3, 0.4) is 0 Å². The first-order valence-electron chi connectivity index (χ1n) is 12.8. The number of carbonyl (C=O) groups is 1. The predicted molar refractivity (Wildman–Crippen MR) is 143 cm³/mol. The highest BCUT2D eigenvalue weighted by Crippen LogP contribution is 2.41. The summed E-state index contributed by atoms with van der Waals surface area (Å²) in [6.07, 6.45) is 8.61. The molecule has 0 radical (unpaired) electrons. The third-order valence-corrected chi connectivity index (χ3v) is 6.97. The van der Waals surface area contributed by atoms with Crippen molar-refractivity contribution in [3.05, 3.63) is 77.8 Å². The molecule has 4 N–H and O–H groups in total. The molecule has 1 atom stereocenters. The summed E-state index contributed by atoms with van der Waals surface area (Å²) in [6.45, 7) is 8.88. The molecule has 4 rings (SSSR count). The van der Waals surface area contributed by atoms with Gasteiger partial charge < -0.3 is 21.3 Å². The van der Waals surface area contributed by atoms with Crippen molar-refractivity contribution in [2.24, 2.45) is 0 Å². The molecule has 1 aromatic carbocycles. The van der Waals surface area contributed by atoms with Crippen LogP contribution in [0.25, 0.3) is 0 Å². The average molecular weight is 493 g/mol. The highest BCUT2D eigenvalue weighted by atomic mass is 19.1. The van der Waals surface area contributed by atoms with Crippen LogP contribution < -0.4 is 16.4 Å². The predicted octanol–water partition coefficient (Wildman–Crippen LogP) is 4.32. The molecular weight excluding hydrogens is 455 g/mol. The molecule has 8 heteroatoms. The molecule has 2 aromatic rings. The number of carbonyl (C=O) groups excluding carboxylic acids is 1. The van der Waals surface area contributed by atoms with Crippen molar-refractivity contribution >= 4 is 17.3 Å². The van der Waals surface area contributed by atoms with Gasteiger partial charge in [0, 0.05) is 37.9 Å².